The smallest absolute Gasteiger partial charge is 0.246 e. The van der Waals surface area contributed by atoms with Gasteiger partial charge in [-0.25, -0.2) is 4.68 Å². The van der Waals surface area contributed by atoms with Gasteiger partial charge in [-0.1, -0.05) is 71.9 Å². The summed E-state index contributed by atoms with van der Waals surface area (Å²) in [4.78, 5) is 24.4. The molecule has 5 rings (SSSR count). The van der Waals surface area contributed by atoms with Crippen molar-refractivity contribution in [3.8, 4) is 5.75 Å². The van der Waals surface area contributed by atoms with E-state index < -0.39 is 0 Å². The van der Waals surface area contributed by atoms with E-state index in [1.165, 1.54) is 4.68 Å². The van der Waals surface area contributed by atoms with Gasteiger partial charge >= 0.3 is 0 Å². The molecule has 1 heterocycles. The van der Waals surface area contributed by atoms with Crippen LogP contribution in [-0.4, -0.2) is 27.2 Å². The lowest BCUT2D eigenvalue weighted by atomic mass is 10.0. The molecule has 162 valence electrons. The van der Waals surface area contributed by atoms with Crippen LogP contribution in [0.1, 0.15) is 16.1 Å². The van der Waals surface area contributed by atoms with Crippen LogP contribution in [0.3, 0.4) is 0 Å². The highest BCUT2D eigenvalue weighted by Crippen LogP contribution is 2.27. The van der Waals surface area contributed by atoms with Crippen molar-refractivity contribution in [3.05, 3.63) is 96.3 Å². The van der Waals surface area contributed by atoms with Gasteiger partial charge in [-0.3, -0.25) is 9.59 Å². The van der Waals surface area contributed by atoms with Crippen LogP contribution in [0.15, 0.2) is 85.1 Å². The predicted molar refractivity (Wildman–Crippen MR) is 126 cm³/mol. The topological polar surface area (TPSA) is 86.1 Å². The number of hydrogen-bond acceptors (Lipinski definition) is 5. The Morgan fingerprint density at radius 2 is 1.64 bits per heavy atom. The summed E-state index contributed by atoms with van der Waals surface area (Å²) in [6.07, 6.45) is 2.34. The van der Waals surface area contributed by atoms with Crippen LogP contribution < -0.4 is 10.1 Å². The Hall–Kier alpha value is -4.52. The molecule has 33 heavy (non-hydrogen) atoms. The average Bonchev–Trinajstić information content (AvgIpc) is 3.29. The Morgan fingerprint density at radius 1 is 0.909 bits per heavy atom. The summed E-state index contributed by atoms with van der Waals surface area (Å²) >= 11 is 0. The molecule has 1 aromatic heterocycles. The highest BCUT2D eigenvalue weighted by molar-refractivity contribution is 6.02. The van der Waals surface area contributed by atoms with Gasteiger partial charge in [0, 0.05) is 11.1 Å². The Bertz CT molecular complexity index is 1470. The molecule has 4 aromatic carbocycles. The number of nitrogens with one attached hydrogen (secondary N) is 1. The highest BCUT2D eigenvalue weighted by atomic mass is 16.5. The predicted octanol–water partition coefficient (Wildman–Crippen LogP) is 4.61. The molecule has 0 atom stereocenters. The zero-order chi connectivity index (χ0) is 22.6. The van der Waals surface area contributed by atoms with E-state index in [2.05, 4.69) is 15.6 Å². The number of hydrogen-bond donors (Lipinski definition) is 1. The molecule has 1 amide bonds. The molecule has 0 radical (unpaired) electrons. The van der Waals surface area contributed by atoms with Gasteiger partial charge in [-0.05, 0) is 28.3 Å². The van der Waals surface area contributed by atoms with E-state index in [9.17, 15) is 9.59 Å². The first-order chi connectivity index (χ1) is 16.2. The summed E-state index contributed by atoms with van der Waals surface area (Å²) < 4.78 is 7.40. The number of nitrogens with zero attached hydrogens (tertiary/aromatic N) is 3. The number of aldehydes is 1. The number of benzene rings is 4. The third-order valence-corrected chi connectivity index (χ3v) is 5.48. The van der Waals surface area contributed by atoms with Crippen molar-refractivity contribution in [2.24, 2.45) is 0 Å². The first-order valence-corrected chi connectivity index (χ1v) is 10.5. The number of carbonyl (C=O) groups is 2. The molecule has 0 bridgehead atoms. The van der Waals surface area contributed by atoms with Gasteiger partial charge in [0.25, 0.3) is 0 Å². The quantitative estimate of drug-likeness (QED) is 0.377. The van der Waals surface area contributed by atoms with E-state index in [1.807, 2.05) is 72.8 Å². The summed E-state index contributed by atoms with van der Waals surface area (Å²) in [5, 5.41) is 14.7. The second kappa shape index (κ2) is 8.92. The number of anilines is 1. The van der Waals surface area contributed by atoms with Crippen molar-refractivity contribution in [2.75, 3.05) is 5.32 Å². The minimum atomic E-state index is -0.225. The maximum Gasteiger partial charge on any atom is 0.246 e. The zero-order valence-electron chi connectivity index (χ0n) is 17.6. The van der Waals surface area contributed by atoms with E-state index in [1.54, 1.807) is 12.3 Å². The summed E-state index contributed by atoms with van der Waals surface area (Å²) in [5.41, 5.74) is 1.84. The Morgan fingerprint density at radius 3 is 2.45 bits per heavy atom. The summed E-state index contributed by atoms with van der Waals surface area (Å²) in [6.45, 7) is 0.105. The van der Waals surface area contributed by atoms with E-state index in [0.29, 0.717) is 17.0 Å². The van der Waals surface area contributed by atoms with Crippen molar-refractivity contribution in [3.63, 3.8) is 0 Å². The lowest BCUT2D eigenvalue weighted by Gasteiger charge is -2.12. The molecule has 1 N–H and O–H groups in total. The Labute approximate surface area is 189 Å². The third kappa shape index (κ3) is 4.16. The molecule has 0 unspecified atom stereocenters. The number of aromatic nitrogens is 3. The fourth-order valence-corrected chi connectivity index (χ4v) is 3.86. The zero-order valence-corrected chi connectivity index (χ0v) is 17.6. The summed E-state index contributed by atoms with van der Waals surface area (Å²) in [6, 6.07) is 24.9. The number of amides is 1. The van der Waals surface area contributed by atoms with E-state index in [-0.39, 0.29) is 19.1 Å². The van der Waals surface area contributed by atoms with Crippen molar-refractivity contribution >= 4 is 39.4 Å². The lowest BCUT2D eigenvalue weighted by molar-refractivity contribution is -0.117. The molecule has 0 aliphatic heterocycles. The number of carbonyl (C=O) groups excluding carboxylic acids is 2. The maximum atomic E-state index is 12.7. The number of rotatable bonds is 7. The molecule has 7 heteroatoms. The normalized spacial score (nSPS) is 10.9. The molecule has 0 saturated heterocycles. The van der Waals surface area contributed by atoms with Gasteiger partial charge in [-0.2, -0.15) is 0 Å². The fourth-order valence-electron chi connectivity index (χ4n) is 3.86. The molecule has 0 fully saturated rings. The van der Waals surface area contributed by atoms with Crippen molar-refractivity contribution in [1.82, 2.24) is 15.0 Å². The monoisotopic (exact) mass is 436 g/mol. The highest BCUT2D eigenvalue weighted by Gasteiger charge is 2.13. The van der Waals surface area contributed by atoms with Crippen LogP contribution in [0.25, 0.3) is 21.5 Å². The van der Waals surface area contributed by atoms with Crippen LogP contribution in [0.5, 0.6) is 5.75 Å². The molecular formula is C26H20N4O3. The van der Waals surface area contributed by atoms with Crippen LogP contribution in [-0.2, 0) is 17.9 Å². The van der Waals surface area contributed by atoms with E-state index in [0.717, 1.165) is 33.5 Å². The molecule has 0 aliphatic rings. The van der Waals surface area contributed by atoms with Gasteiger partial charge in [0.15, 0.2) is 6.29 Å². The first kappa shape index (κ1) is 20.4. The Balaban J connectivity index is 1.30. The van der Waals surface area contributed by atoms with Crippen molar-refractivity contribution < 1.29 is 14.3 Å². The van der Waals surface area contributed by atoms with Crippen LogP contribution >= 0.6 is 0 Å². The minimum Gasteiger partial charge on any atom is -0.486 e. The SMILES string of the molecule is O=Cc1c(OCc2cnnn2CC(=O)Nc2cccc3ccccc23)ccc2ccccc12. The number of fused-ring (bicyclic) bond motifs is 2. The largest absolute Gasteiger partial charge is 0.486 e. The van der Waals surface area contributed by atoms with Crippen LogP contribution in [0, 0.1) is 0 Å². The van der Waals surface area contributed by atoms with Gasteiger partial charge in [0.2, 0.25) is 5.91 Å². The molecule has 5 aromatic rings. The summed E-state index contributed by atoms with van der Waals surface area (Å²) in [7, 11) is 0. The molecule has 7 nitrogen and oxygen atoms in total. The van der Waals surface area contributed by atoms with Gasteiger partial charge in [-0.15, -0.1) is 5.10 Å². The molecule has 0 aliphatic carbocycles. The second-order valence-corrected chi connectivity index (χ2v) is 7.56. The standard InChI is InChI=1S/C26H20N4O3/c31-16-23-21-9-3-1-7-19(21)12-13-25(23)33-17-20-14-27-29-30(20)15-26(32)28-24-11-5-8-18-6-2-4-10-22(18)24/h1-14,16H,15,17H2,(H,28,32). The Kier molecular flexibility index (Phi) is 5.51. The third-order valence-electron chi connectivity index (χ3n) is 5.48. The van der Waals surface area contributed by atoms with Gasteiger partial charge in [0.05, 0.1) is 17.5 Å². The first-order valence-electron chi connectivity index (χ1n) is 10.5. The second-order valence-electron chi connectivity index (χ2n) is 7.56. The molecule has 0 spiro atoms. The van der Waals surface area contributed by atoms with Gasteiger partial charge in [0.1, 0.15) is 18.9 Å². The van der Waals surface area contributed by atoms with Crippen LogP contribution in [0.4, 0.5) is 5.69 Å². The average molecular weight is 436 g/mol. The van der Waals surface area contributed by atoms with Crippen LogP contribution in [0.2, 0.25) is 0 Å². The maximum absolute atomic E-state index is 12.7. The summed E-state index contributed by atoms with van der Waals surface area (Å²) in [5.74, 6) is 0.244. The van der Waals surface area contributed by atoms with Gasteiger partial charge < -0.3 is 10.1 Å². The number of ether oxygens (including phenoxy) is 1. The van der Waals surface area contributed by atoms with Crippen molar-refractivity contribution in [2.45, 2.75) is 13.2 Å². The molecule has 0 saturated carbocycles. The molecular weight excluding hydrogens is 416 g/mol. The fraction of sp³-hybridized carbons (Fsp3) is 0.0769. The minimum absolute atomic E-state index is 0.0137. The van der Waals surface area contributed by atoms with E-state index >= 15 is 0 Å². The lowest BCUT2D eigenvalue weighted by Crippen LogP contribution is -2.21. The van der Waals surface area contributed by atoms with Crippen molar-refractivity contribution in [1.29, 1.82) is 0 Å². The van der Waals surface area contributed by atoms with E-state index in [4.69, 9.17) is 4.74 Å².